The van der Waals surface area contributed by atoms with E-state index >= 15 is 0 Å². The Bertz CT molecular complexity index is 436. The van der Waals surface area contributed by atoms with Crippen LogP contribution in [0.2, 0.25) is 0 Å². The van der Waals surface area contributed by atoms with E-state index in [2.05, 4.69) is 15.0 Å². The van der Waals surface area contributed by atoms with Crippen LogP contribution in [0.4, 0.5) is 0 Å². The lowest BCUT2D eigenvalue weighted by Gasteiger charge is -2.11. The van der Waals surface area contributed by atoms with Crippen molar-refractivity contribution in [3.05, 3.63) is 17.5 Å². The molecule has 0 aliphatic heterocycles. The number of rotatable bonds is 5. The summed E-state index contributed by atoms with van der Waals surface area (Å²) in [5, 5.41) is 14.8. The third-order valence-electron chi connectivity index (χ3n) is 2.71. The van der Waals surface area contributed by atoms with Crippen LogP contribution in [0, 0.1) is 5.92 Å². The molecular formula is C11H14N2O4. The number of carboxylic acid groups (broad SMARTS) is 1. The topological polar surface area (TPSA) is 92.4 Å². The Morgan fingerprint density at radius 1 is 1.65 bits per heavy atom. The summed E-state index contributed by atoms with van der Waals surface area (Å²) < 4.78 is 4.51. The van der Waals surface area contributed by atoms with Crippen LogP contribution in [0.25, 0.3) is 0 Å². The van der Waals surface area contributed by atoms with Gasteiger partial charge in [0.2, 0.25) is 5.76 Å². The molecule has 6 nitrogen and oxygen atoms in total. The number of carbonyl (C=O) groups is 2. The van der Waals surface area contributed by atoms with Crippen molar-refractivity contribution in [3.63, 3.8) is 0 Å². The normalized spacial score (nSPS) is 16.5. The first-order chi connectivity index (χ1) is 8.06. The van der Waals surface area contributed by atoms with Gasteiger partial charge in [-0.2, -0.15) is 0 Å². The van der Waals surface area contributed by atoms with Gasteiger partial charge in [-0.3, -0.25) is 4.79 Å². The van der Waals surface area contributed by atoms with Crippen molar-refractivity contribution >= 4 is 11.9 Å². The van der Waals surface area contributed by atoms with E-state index in [1.54, 1.807) is 0 Å². The summed E-state index contributed by atoms with van der Waals surface area (Å²) in [6, 6.07) is 1.20. The number of nitrogens with zero attached hydrogens (tertiary/aromatic N) is 1. The fraction of sp³-hybridized carbons (Fsp3) is 0.545. The molecule has 2 N–H and O–H groups in total. The van der Waals surface area contributed by atoms with Crippen molar-refractivity contribution < 1.29 is 19.2 Å². The van der Waals surface area contributed by atoms with Crippen LogP contribution in [0.3, 0.4) is 0 Å². The number of carboxylic acids is 1. The molecule has 0 radical (unpaired) electrons. The molecular weight excluding hydrogens is 224 g/mol. The highest BCUT2D eigenvalue weighted by molar-refractivity contribution is 5.94. The van der Waals surface area contributed by atoms with Crippen molar-refractivity contribution in [2.75, 3.05) is 0 Å². The lowest BCUT2D eigenvalue weighted by molar-refractivity contribution is 0.0651. The SMILES string of the molecule is CC(CC1CC1)NC(=O)c1cc(C(=O)O)on1. The molecule has 6 heteroatoms. The number of hydrogen-bond donors (Lipinski definition) is 2. The third kappa shape index (κ3) is 3.05. The third-order valence-corrected chi connectivity index (χ3v) is 2.71. The van der Waals surface area contributed by atoms with Crippen LogP contribution in [-0.4, -0.2) is 28.2 Å². The first-order valence-corrected chi connectivity index (χ1v) is 5.57. The standard InChI is InChI=1S/C11H14N2O4/c1-6(4-7-2-3-7)12-10(14)8-5-9(11(15)16)17-13-8/h5-7H,2-4H2,1H3,(H,12,14)(H,15,16). The van der Waals surface area contributed by atoms with Crippen LogP contribution < -0.4 is 5.32 Å². The molecule has 1 aliphatic carbocycles. The average Bonchev–Trinajstić information content (AvgIpc) is 2.92. The molecule has 2 rings (SSSR count). The summed E-state index contributed by atoms with van der Waals surface area (Å²) in [6.45, 7) is 1.93. The number of aromatic nitrogens is 1. The molecule has 0 bridgehead atoms. The fourth-order valence-corrected chi connectivity index (χ4v) is 1.69. The second kappa shape index (κ2) is 4.57. The monoisotopic (exact) mass is 238 g/mol. The van der Waals surface area contributed by atoms with Crippen molar-refractivity contribution in [2.24, 2.45) is 5.92 Å². The van der Waals surface area contributed by atoms with Gasteiger partial charge in [0.25, 0.3) is 5.91 Å². The van der Waals surface area contributed by atoms with E-state index in [-0.39, 0.29) is 17.5 Å². The number of carbonyl (C=O) groups excluding carboxylic acids is 1. The highest BCUT2D eigenvalue weighted by atomic mass is 16.5. The predicted octanol–water partition coefficient (Wildman–Crippen LogP) is 1.29. The van der Waals surface area contributed by atoms with Gasteiger partial charge in [-0.25, -0.2) is 4.79 Å². The second-order valence-corrected chi connectivity index (χ2v) is 4.44. The largest absolute Gasteiger partial charge is 0.475 e. The van der Waals surface area contributed by atoms with E-state index in [4.69, 9.17) is 5.11 Å². The van der Waals surface area contributed by atoms with Crippen molar-refractivity contribution in [1.82, 2.24) is 10.5 Å². The van der Waals surface area contributed by atoms with Crippen LogP contribution in [0.15, 0.2) is 10.6 Å². The quantitative estimate of drug-likeness (QED) is 0.806. The Hall–Kier alpha value is -1.85. The molecule has 1 fully saturated rings. The Morgan fingerprint density at radius 3 is 2.88 bits per heavy atom. The van der Waals surface area contributed by atoms with Gasteiger partial charge in [0, 0.05) is 12.1 Å². The highest BCUT2D eigenvalue weighted by Crippen LogP contribution is 2.33. The summed E-state index contributed by atoms with van der Waals surface area (Å²) in [5.41, 5.74) is 0.00467. The molecule has 1 saturated carbocycles. The van der Waals surface area contributed by atoms with E-state index in [9.17, 15) is 9.59 Å². The van der Waals surface area contributed by atoms with Crippen LogP contribution in [0.5, 0.6) is 0 Å². The zero-order valence-electron chi connectivity index (χ0n) is 9.47. The molecule has 1 heterocycles. The molecule has 1 aromatic rings. The highest BCUT2D eigenvalue weighted by Gasteiger charge is 2.25. The van der Waals surface area contributed by atoms with Crippen molar-refractivity contribution in [1.29, 1.82) is 0 Å². The summed E-state index contributed by atoms with van der Waals surface area (Å²) in [6.07, 6.45) is 3.41. The molecule has 0 saturated heterocycles. The fourth-order valence-electron chi connectivity index (χ4n) is 1.69. The lowest BCUT2D eigenvalue weighted by Crippen LogP contribution is -2.33. The molecule has 0 aromatic carbocycles. The minimum absolute atomic E-state index is 0.00467. The predicted molar refractivity (Wildman–Crippen MR) is 57.7 cm³/mol. The van der Waals surface area contributed by atoms with Crippen LogP contribution in [-0.2, 0) is 0 Å². The Morgan fingerprint density at radius 2 is 2.35 bits per heavy atom. The first-order valence-electron chi connectivity index (χ1n) is 5.57. The van der Waals surface area contributed by atoms with Crippen molar-refractivity contribution in [2.45, 2.75) is 32.2 Å². The van der Waals surface area contributed by atoms with Crippen LogP contribution in [0.1, 0.15) is 47.2 Å². The molecule has 1 amide bonds. The Kier molecular flexibility index (Phi) is 3.12. The van der Waals surface area contributed by atoms with Gasteiger partial charge in [0.15, 0.2) is 5.69 Å². The lowest BCUT2D eigenvalue weighted by atomic mass is 10.1. The van der Waals surface area contributed by atoms with E-state index in [1.165, 1.54) is 12.8 Å². The van der Waals surface area contributed by atoms with Crippen LogP contribution >= 0.6 is 0 Å². The van der Waals surface area contributed by atoms with E-state index in [0.717, 1.165) is 18.4 Å². The van der Waals surface area contributed by atoms with Gasteiger partial charge in [0.05, 0.1) is 0 Å². The molecule has 1 atom stereocenters. The van der Waals surface area contributed by atoms with Gasteiger partial charge in [-0.15, -0.1) is 0 Å². The molecule has 0 spiro atoms. The summed E-state index contributed by atoms with van der Waals surface area (Å²) >= 11 is 0. The maximum atomic E-state index is 11.7. The number of aromatic carboxylic acids is 1. The smallest absolute Gasteiger partial charge is 0.374 e. The minimum atomic E-state index is -1.23. The second-order valence-electron chi connectivity index (χ2n) is 4.44. The van der Waals surface area contributed by atoms with E-state index in [0.29, 0.717) is 0 Å². The van der Waals surface area contributed by atoms with Gasteiger partial charge < -0.3 is 14.9 Å². The summed E-state index contributed by atoms with van der Waals surface area (Å²) in [4.78, 5) is 22.2. The number of amides is 1. The average molecular weight is 238 g/mol. The Labute approximate surface area is 98.0 Å². The zero-order valence-corrected chi connectivity index (χ0v) is 9.47. The minimum Gasteiger partial charge on any atom is -0.475 e. The Balaban J connectivity index is 1.91. The molecule has 1 unspecified atom stereocenters. The summed E-state index contributed by atoms with van der Waals surface area (Å²) in [7, 11) is 0. The molecule has 17 heavy (non-hydrogen) atoms. The first kappa shape index (κ1) is 11.6. The van der Waals surface area contributed by atoms with Gasteiger partial charge in [-0.05, 0) is 19.3 Å². The summed E-state index contributed by atoms with van der Waals surface area (Å²) in [5.74, 6) is -1.24. The maximum absolute atomic E-state index is 11.7. The van der Waals surface area contributed by atoms with E-state index in [1.807, 2.05) is 6.92 Å². The van der Waals surface area contributed by atoms with Gasteiger partial charge in [-0.1, -0.05) is 18.0 Å². The van der Waals surface area contributed by atoms with E-state index < -0.39 is 11.9 Å². The maximum Gasteiger partial charge on any atom is 0.374 e. The zero-order chi connectivity index (χ0) is 12.4. The number of hydrogen-bond acceptors (Lipinski definition) is 4. The molecule has 1 aliphatic rings. The molecule has 1 aromatic heterocycles. The van der Waals surface area contributed by atoms with Gasteiger partial charge in [0.1, 0.15) is 0 Å². The number of nitrogens with one attached hydrogen (secondary N) is 1. The van der Waals surface area contributed by atoms with Crippen molar-refractivity contribution in [3.8, 4) is 0 Å². The van der Waals surface area contributed by atoms with Gasteiger partial charge >= 0.3 is 5.97 Å². The molecule has 92 valence electrons.